The third kappa shape index (κ3) is 3.66. The van der Waals surface area contributed by atoms with E-state index in [0.717, 1.165) is 43.6 Å². The summed E-state index contributed by atoms with van der Waals surface area (Å²) in [7, 11) is 0. The van der Waals surface area contributed by atoms with E-state index in [1.54, 1.807) is 6.07 Å². The van der Waals surface area contributed by atoms with Crippen molar-refractivity contribution in [1.29, 1.82) is 0 Å². The maximum atomic E-state index is 13.7. The maximum Gasteiger partial charge on any atom is 0.274 e. The Morgan fingerprint density at radius 2 is 2.04 bits per heavy atom. The molecule has 26 heavy (non-hydrogen) atoms. The second-order valence-electron chi connectivity index (χ2n) is 6.33. The van der Waals surface area contributed by atoms with Crippen LogP contribution in [-0.4, -0.2) is 23.5 Å². The quantitative estimate of drug-likeness (QED) is 0.813. The van der Waals surface area contributed by atoms with E-state index in [1.165, 1.54) is 12.6 Å². The number of benzene rings is 1. The van der Waals surface area contributed by atoms with Crippen LogP contribution in [0.3, 0.4) is 0 Å². The Hall–Kier alpha value is -2.57. The van der Waals surface area contributed by atoms with Crippen molar-refractivity contribution in [3.05, 3.63) is 53.6 Å². The Balaban J connectivity index is 1.81. The van der Waals surface area contributed by atoms with Crippen molar-refractivity contribution in [2.24, 2.45) is 0 Å². The molecule has 1 unspecified atom stereocenters. The number of pyridine rings is 1. The standard InChI is InChI=1S/C19H20F3N3O/c1-2-12-5-3-4-10-25(12)13-8-9-23-16(11-13)19(26)24-15-7-6-14(20)17(21)18(15)22/h6-9,11-12H,2-5,10H2,1H3,(H,24,26). The number of nitrogens with zero attached hydrogens (tertiary/aromatic N) is 2. The summed E-state index contributed by atoms with van der Waals surface area (Å²) in [5, 5.41) is 2.25. The molecule has 1 aliphatic heterocycles. The average molecular weight is 363 g/mol. The minimum Gasteiger partial charge on any atom is -0.368 e. The summed E-state index contributed by atoms with van der Waals surface area (Å²) in [5.41, 5.74) is 0.542. The van der Waals surface area contributed by atoms with E-state index in [1.807, 2.05) is 6.07 Å². The Morgan fingerprint density at radius 3 is 2.81 bits per heavy atom. The van der Waals surface area contributed by atoms with Crippen molar-refractivity contribution in [1.82, 2.24) is 4.98 Å². The Bertz CT molecular complexity index is 813. The molecule has 1 N–H and O–H groups in total. The number of aromatic nitrogens is 1. The van der Waals surface area contributed by atoms with E-state index in [9.17, 15) is 18.0 Å². The fourth-order valence-corrected chi connectivity index (χ4v) is 3.30. The molecule has 7 heteroatoms. The number of anilines is 2. The van der Waals surface area contributed by atoms with E-state index in [0.29, 0.717) is 6.04 Å². The first-order valence-electron chi connectivity index (χ1n) is 8.68. The lowest BCUT2D eigenvalue weighted by atomic mass is 9.99. The molecule has 1 fully saturated rings. The highest BCUT2D eigenvalue weighted by Gasteiger charge is 2.22. The molecule has 138 valence electrons. The smallest absolute Gasteiger partial charge is 0.274 e. The molecular formula is C19H20F3N3O. The Labute approximate surface area is 150 Å². The molecule has 1 aliphatic rings. The number of rotatable bonds is 4. The van der Waals surface area contributed by atoms with Gasteiger partial charge in [-0.1, -0.05) is 6.92 Å². The van der Waals surface area contributed by atoms with Gasteiger partial charge < -0.3 is 10.2 Å². The lowest BCUT2D eigenvalue weighted by molar-refractivity contribution is 0.102. The summed E-state index contributed by atoms with van der Waals surface area (Å²) in [6.07, 6.45) is 5.89. The summed E-state index contributed by atoms with van der Waals surface area (Å²) in [6.45, 7) is 3.03. The third-order valence-electron chi connectivity index (χ3n) is 4.69. The number of piperidine rings is 1. The first kappa shape index (κ1) is 18.2. The Morgan fingerprint density at radius 1 is 1.23 bits per heavy atom. The molecule has 2 heterocycles. The van der Waals surface area contributed by atoms with Crippen LogP contribution in [-0.2, 0) is 0 Å². The van der Waals surface area contributed by atoms with Gasteiger partial charge in [0.2, 0.25) is 0 Å². The zero-order chi connectivity index (χ0) is 18.7. The Kier molecular flexibility index (Phi) is 5.44. The predicted octanol–water partition coefficient (Wildman–Crippen LogP) is 4.52. The van der Waals surface area contributed by atoms with E-state index in [4.69, 9.17) is 0 Å². The molecule has 2 aromatic rings. The number of carbonyl (C=O) groups excluding carboxylic acids is 1. The largest absolute Gasteiger partial charge is 0.368 e. The SMILES string of the molecule is CCC1CCCCN1c1ccnc(C(=O)Nc2ccc(F)c(F)c2F)c1. The molecule has 4 nitrogen and oxygen atoms in total. The van der Waals surface area contributed by atoms with Gasteiger partial charge in [0.15, 0.2) is 17.5 Å². The molecule has 1 saturated heterocycles. The second kappa shape index (κ2) is 7.76. The van der Waals surface area contributed by atoms with Crippen LogP contribution in [0.25, 0.3) is 0 Å². The molecule has 0 aliphatic carbocycles. The molecule has 0 spiro atoms. The molecule has 1 aromatic heterocycles. The van der Waals surface area contributed by atoms with Crippen molar-refractivity contribution >= 4 is 17.3 Å². The third-order valence-corrected chi connectivity index (χ3v) is 4.69. The van der Waals surface area contributed by atoms with E-state index >= 15 is 0 Å². The van der Waals surface area contributed by atoms with Gasteiger partial charge in [0.25, 0.3) is 5.91 Å². The minimum absolute atomic E-state index is 0.0899. The number of halogens is 3. The van der Waals surface area contributed by atoms with E-state index in [2.05, 4.69) is 22.1 Å². The van der Waals surface area contributed by atoms with E-state index in [-0.39, 0.29) is 5.69 Å². The zero-order valence-corrected chi connectivity index (χ0v) is 14.4. The van der Waals surface area contributed by atoms with Crippen molar-refractivity contribution in [2.45, 2.75) is 38.6 Å². The maximum absolute atomic E-state index is 13.7. The fourth-order valence-electron chi connectivity index (χ4n) is 3.30. The number of carbonyl (C=O) groups is 1. The van der Waals surface area contributed by atoms with Gasteiger partial charge in [0.05, 0.1) is 5.69 Å². The monoisotopic (exact) mass is 363 g/mol. The van der Waals surface area contributed by atoms with Crippen LogP contribution in [0.15, 0.2) is 30.5 Å². The van der Waals surface area contributed by atoms with Crippen molar-refractivity contribution in [2.75, 3.05) is 16.8 Å². The van der Waals surface area contributed by atoms with Crippen molar-refractivity contribution in [3.8, 4) is 0 Å². The van der Waals surface area contributed by atoms with Crippen LogP contribution in [0.5, 0.6) is 0 Å². The van der Waals surface area contributed by atoms with Crippen molar-refractivity contribution < 1.29 is 18.0 Å². The molecule has 3 rings (SSSR count). The van der Waals surface area contributed by atoms with Crippen LogP contribution in [0.4, 0.5) is 24.5 Å². The second-order valence-corrected chi connectivity index (χ2v) is 6.33. The number of hydrogen-bond acceptors (Lipinski definition) is 3. The molecule has 1 aromatic carbocycles. The number of nitrogens with one attached hydrogen (secondary N) is 1. The van der Waals surface area contributed by atoms with Crippen molar-refractivity contribution in [3.63, 3.8) is 0 Å². The van der Waals surface area contributed by atoms with Crippen LogP contribution in [0, 0.1) is 17.5 Å². The summed E-state index contributed by atoms with van der Waals surface area (Å²) in [4.78, 5) is 18.6. The van der Waals surface area contributed by atoms with Crippen LogP contribution in [0.1, 0.15) is 43.1 Å². The molecule has 0 saturated carbocycles. The summed E-state index contributed by atoms with van der Waals surface area (Å²) >= 11 is 0. The number of amides is 1. The van der Waals surface area contributed by atoms with E-state index < -0.39 is 29.0 Å². The molecular weight excluding hydrogens is 343 g/mol. The molecule has 1 amide bonds. The molecule has 0 radical (unpaired) electrons. The zero-order valence-electron chi connectivity index (χ0n) is 14.4. The van der Waals surface area contributed by atoms with Gasteiger partial charge in [0, 0.05) is 24.5 Å². The van der Waals surface area contributed by atoms with Gasteiger partial charge in [-0.3, -0.25) is 9.78 Å². The fraction of sp³-hybridized carbons (Fsp3) is 0.368. The minimum atomic E-state index is -1.62. The molecule has 1 atom stereocenters. The summed E-state index contributed by atoms with van der Waals surface area (Å²) in [6, 6.07) is 5.63. The normalized spacial score (nSPS) is 17.2. The highest BCUT2D eigenvalue weighted by Crippen LogP contribution is 2.27. The van der Waals surface area contributed by atoms with Gasteiger partial charge in [-0.05, 0) is 49.9 Å². The van der Waals surface area contributed by atoms with Gasteiger partial charge in [-0.25, -0.2) is 13.2 Å². The lowest BCUT2D eigenvalue weighted by Crippen LogP contribution is -2.39. The summed E-state index contributed by atoms with van der Waals surface area (Å²) in [5.74, 6) is -5.04. The lowest BCUT2D eigenvalue weighted by Gasteiger charge is -2.37. The van der Waals surface area contributed by atoms with Crippen LogP contribution in [0.2, 0.25) is 0 Å². The number of hydrogen-bond donors (Lipinski definition) is 1. The van der Waals surface area contributed by atoms with Gasteiger partial charge >= 0.3 is 0 Å². The summed E-state index contributed by atoms with van der Waals surface area (Å²) < 4.78 is 40.1. The van der Waals surface area contributed by atoms with Gasteiger partial charge in [-0.2, -0.15) is 0 Å². The first-order chi connectivity index (χ1) is 12.5. The topological polar surface area (TPSA) is 45.2 Å². The van der Waals surface area contributed by atoms with Gasteiger partial charge in [0.1, 0.15) is 5.69 Å². The predicted molar refractivity (Wildman–Crippen MR) is 93.8 cm³/mol. The average Bonchev–Trinajstić information content (AvgIpc) is 2.68. The highest BCUT2D eigenvalue weighted by molar-refractivity contribution is 6.03. The van der Waals surface area contributed by atoms with Gasteiger partial charge in [-0.15, -0.1) is 0 Å². The first-order valence-corrected chi connectivity index (χ1v) is 8.68. The van der Waals surface area contributed by atoms with Crippen LogP contribution < -0.4 is 10.2 Å². The molecule has 0 bridgehead atoms. The highest BCUT2D eigenvalue weighted by atomic mass is 19.2. The van der Waals surface area contributed by atoms with Crippen LogP contribution >= 0.6 is 0 Å².